The molecule has 0 radical (unpaired) electrons. The second kappa shape index (κ2) is 4.03. The molecule has 2 heterocycles. The summed E-state index contributed by atoms with van der Waals surface area (Å²) in [5.41, 5.74) is 2.78. The molecule has 0 amide bonds. The minimum absolute atomic E-state index is 0.617. The molecule has 3 nitrogen and oxygen atoms in total. The van der Waals surface area contributed by atoms with Gasteiger partial charge in [0.2, 0.25) is 0 Å². The SMILES string of the molecule is O[C@H](c1ccncc1)c1c[nH]c2ccccc12. The van der Waals surface area contributed by atoms with Crippen LogP contribution in [0.5, 0.6) is 0 Å². The quantitative estimate of drug-likeness (QED) is 0.703. The van der Waals surface area contributed by atoms with E-state index in [0.717, 1.165) is 22.0 Å². The zero-order chi connectivity index (χ0) is 11.7. The number of fused-ring (bicyclic) bond motifs is 1. The number of aliphatic hydroxyl groups is 1. The number of hydrogen-bond donors (Lipinski definition) is 2. The number of pyridine rings is 1. The molecule has 2 N–H and O–H groups in total. The zero-order valence-electron chi connectivity index (χ0n) is 9.17. The maximum atomic E-state index is 10.3. The first-order valence-electron chi connectivity index (χ1n) is 5.50. The molecule has 0 aliphatic heterocycles. The second-order valence-electron chi connectivity index (χ2n) is 3.97. The van der Waals surface area contributed by atoms with E-state index in [4.69, 9.17) is 0 Å². The Bertz CT molecular complexity index is 631. The lowest BCUT2D eigenvalue weighted by molar-refractivity contribution is 0.222. The van der Waals surface area contributed by atoms with Crippen LogP contribution in [-0.4, -0.2) is 15.1 Å². The van der Waals surface area contributed by atoms with E-state index < -0.39 is 6.10 Å². The topological polar surface area (TPSA) is 48.9 Å². The fraction of sp³-hybridized carbons (Fsp3) is 0.0714. The smallest absolute Gasteiger partial charge is 0.106 e. The highest BCUT2D eigenvalue weighted by atomic mass is 16.3. The van der Waals surface area contributed by atoms with Crippen LogP contribution in [0.1, 0.15) is 17.2 Å². The zero-order valence-corrected chi connectivity index (χ0v) is 9.17. The minimum atomic E-state index is -0.617. The molecule has 3 rings (SSSR count). The average molecular weight is 224 g/mol. The van der Waals surface area contributed by atoms with Crippen LogP contribution in [0.15, 0.2) is 55.0 Å². The van der Waals surface area contributed by atoms with Crippen LogP contribution in [0.25, 0.3) is 10.9 Å². The summed E-state index contributed by atoms with van der Waals surface area (Å²) in [6.07, 6.45) is 4.62. The Hall–Kier alpha value is -2.13. The van der Waals surface area contributed by atoms with Crippen LogP contribution < -0.4 is 0 Å². The van der Waals surface area contributed by atoms with Crippen molar-refractivity contribution < 1.29 is 5.11 Å². The van der Waals surface area contributed by atoms with Gasteiger partial charge in [0.15, 0.2) is 0 Å². The maximum absolute atomic E-state index is 10.3. The van der Waals surface area contributed by atoms with Crippen LogP contribution in [0.3, 0.4) is 0 Å². The van der Waals surface area contributed by atoms with Crippen molar-refractivity contribution in [3.05, 3.63) is 66.1 Å². The third-order valence-electron chi connectivity index (χ3n) is 2.94. The lowest BCUT2D eigenvalue weighted by Crippen LogP contribution is -1.98. The molecule has 3 aromatic rings. The van der Waals surface area contributed by atoms with Gasteiger partial charge in [0, 0.05) is 35.1 Å². The molecule has 0 saturated carbocycles. The van der Waals surface area contributed by atoms with Crippen molar-refractivity contribution >= 4 is 10.9 Å². The maximum Gasteiger partial charge on any atom is 0.106 e. The largest absolute Gasteiger partial charge is 0.384 e. The van der Waals surface area contributed by atoms with Gasteiger partial charge in [-0.2, -0.15) is 0 Å². The number of aromatic nitrogens is 2. The highest BCUT2D eigenvalue weighted by Crippen LogP contribution is 2.28. The highest BCUT2D eigenvalue weighted by molar-refractivity contribution is 5.83. The summed E-state index contributed by atoms with van der Waals surface area (Å²) in [5.74, 6) is 0. The van der Waals surface area contributed by atoms with Gasteiger partial charge in [0.05, 0.1) is 0 Å². The van der Waals surface area contributed by atoms with Gasteiger partial charge in [-0.25, -0.2) is 0 Å². The standard InChI is InChI=1S/C14H12N2O/c17-14(10-5-7-15-8-6-10)12-9-16-13-4-2-1-3-11(12)13/h1-9,14,16-17H/t14-/m1/s1. The van der Waals surface area contributed by atoms with Crippen molar-refractivity contribution in [2.24, 2.45) is 0 Å². The fourth-order valence-electron chi connectivity index (χ4n) is 2.05. The first-order chi connectivity index (χ1) is 8.36. The number of benzene rings is 1. The summed E-state index contributed by atoms with van der Waals surface area (Å²) in [5, 5.41) is 11.4. The van der Waals surface area contributed by atoms with Crippen LogP contribution in [0.4, 0.5) is 0 Å². The number of rotatable bonds is 2. The number of aromatic amines is 1. The van der Waals surface area contributed by atoms with Crippen LogP contribution in [-0.2, 0) is 0 Å². The van der Waals surface area contributed by atoms with Gasteiger partial charge in [-0.15, -0.1) is 0 Å². The third kappa shape index (κ3) is 1.70. The lowest BCUT2D eigenvalue weighted by Gasteiger charge is -2.09. The molecule has 0 saturated heterocycles. The molecule has 84 valence electrons. The Morgan fingerprint density at radius 2 is 1.82 bits per heavy atom. The van der Waals surface area contributed by atoms with Crippen LogP contribution in [0.2, 0.25) is 0 Å². The van der Waals surface area contributed by atoms with Crippen molar-refractivity contribution in [1.29, 1.82) is 0 Å². The first kappa shape index (κ1) is 10.1. The van der Waals surface area contributed by atoms with Gasteiger partial charge in [0.1, 0.15) is 6.10 Å². The predicted octanol–water partition coefficient (Wildman–Crippen LogP) is 2.64. The highest BCUT2D eigenvalue weighted by Gasteiger charge is 2.14. The number of nitrogens with one attached hydrogen (secondary N) is 1. The van der Waals surface area contributed by atoms with Gasteiger partial charge in [-0.3, -0.25) is 4.98 Å². The third-order valence-corrected chi connectivity index (χ3v) is 2.94. The molecule has 0 spiro atoms. The van der Waals surface area contributed by atoms with Crippen molar-refractivity contribution in [1.82, 2.24) is 9.97 Å². The number of nitrogens with zero attached hydrogens (tertiary/aromatic N) is 1. The molecular weight excluding hydrogens is 212 g/mol. The summed E-state index contributed by atoms with van der Waals surface area (Å²) in [7, 11) is 0. The molecule has 0 bridgehead atoms. The number of H-pyrrole nitrogens is 1. The number of para-hydroxylation sites is 1. The summed E-state index contributed by atoms with van der Waals surface area (Å²) in [6.45, 7) is 0. The predicted molar refractivity (Wildman–Crippen MR) is 66.6 cm³/mol. The molecule has 1 atom stereocenters. The molecule has 3 heteroatoms. The van der Waals surface area contributed by atoms with E-state index in [1.54, 1.807) is 12.4 Å². The Kier molecular flexibility index (Phi) is 2.38. The van der Waals surface area contributed by atoms with E-state index in [2.05, 4.69) is 9.97 Å². The second-order valence-corrected chi connectivity index (χ2v) is 3.97. The van der Waals surface area contributed by atoms with E-state index in [9.17, 15) is 5.11 Å². The van der Waals surface area contributed by atoms with E-state index in [1.165, 1.54) is 0 Å². The van der Waals surface area contributed by atoms with E-state index in [1.807, 2.05) is 42.6 Å². The summed E-state index contributed by atoms with van der Waals surface area (Å²) in [4.78, 5) is 7.12. The molecule has 2 aromatic heterocycles. The average Bonchev–Trinajstić information content (AvgIpc) is 2.83. The molecule has 17 heavy (non-hydrogen) atoms. The molecule has 0 aliphatic carbocycles. The van der Waals surface area contributed by atoms with Crippen molar-refractivity contribution in [2.45, 2.75) is 6.10 Å². The monoisotopic (exact) mass is 224 g/mol. The first-order valence-corrected chi connectivity index (χ1v) is 5.50. The minimum Gasteiger partial charge on any atom is -0.384 e. The Morgan fingerprint density at radius 3 is 2.65 bits per heavy atom. The van der Waals surface area contributed by atoms with Gasteiger partial charge in [-0.05, 0) is 23.8 Å². The van der Waals surface area contributed by atoms with Gasteiger partial charge < -0.3 is 10.1 Å². The van der Waals surface area contributed by atoms with E-state index in [-0.39, 0.29) is 0 Å². The lowest BCUT2D eigenvalue weighted by atomic mass is 10.0. The molecule has 1 aromatic carbocycles. The van der Waals surface area contributed by atoms with Gasteiger partial charge in [-0.1, -0.05) is 18.2 Å². The van der Waals surface area contributed by atoms with Crippen molar-refractivity contribution in [3.63, 3.8) is 0 Å². The van der Waals surface area contributed by atoms with Gasteiger partial charge in [0.25, 0.3) is 0 Å². The van der Waals surface area contributed by atoms with Crippen LogP contribution in [0, 0.1) is 0 Å². The summed E-state index contributed by atoms with van der Waals surface area (Å²) >= 11 is 0. The number of hydrogen-bond acceptors (Lipinski definition) is 2. The molecular formula is C14H12N2O. The van der Waals surface area contributed by atoms with E-state index in [0.29, 0.717) is 0 Å². The van der Waals surface area contributed by atoms with E-state index >= 15 is 0 Å². The Morgan fingerprint density at radius 1 is 1.06 bits per heavy atom. The van der Waals surface area contributed by atoms with Crippen molar-refractivity contribution in [2.75, 3.05) is 0 Å². The fourth-order valence-corrected chi connectivity index (χ4v) is 2.05. The summed E-state index contributed by atoms with van der Waals surface area (Å²) < 4.78 is 0. The molecule has 0 unspecified atom stereocenters. The van der Waals surface area contributed by atoms with Crippen molar-refractivity contribution in [3.8, 4) is 0 Å². The summed E-state index contributed by atoms with van der Waals surface area (Å²) in [6, 6.07) is 11.6. The Labute approximate surface area is 98.8 Å². The molecule has 0 fully saturated rings. The normalized spacial score (nSPS) is 12.8. The van der Waals surface area contributed by atoms with Crippen LogP contribution >= 0.6 is 0 Å². The molecule has 0 aliphatic rings. The number of aliphatic hydroxyl groups excluding tert-OH is 1. The Balaban J connectivity index is 2.10. The van der Waals surface area contributed by atoms with Gasteiger partial charge >= 0.3 is 0 Å².